The van der Waals surface area contributed by atoms with Gasteiger partial charge in [-0.15, -0.1) is 0 Å². The first-order chi connectivity index (χ1) is 18.0. The van der Waals surface area contributed by atoms with Gasteiger partial charge in [0.25, 0.3) is 0 Å². The summed E-state index contributed by atoms with van der Waals surface area (Å²) in [4.78, 5) is 4.43. The van der Waals surface area contributed by atoms with Gasteiger partial charge < -0.3 is 25.3 Å². The fraction of sp³-hybridized carbons (Fsp3) is 0.179. The van der Waals surface area contributed by atoms with Crippen molar-refractivity contribution < 1.29 is 14.2 Å². The lowest BCUT2D eigenvalue weighted by atomic mass is 10.1. The van der Waals surface area contributed by atoms with Crippen molar-refractivity contribution in [3.05, 3.63) is 82.5 Å². The molecule has 37 heavy (non-hydrogen) atoms. The summed E-state index contributed by atoms with van der Waals surface area (Å²) in [7, 11) is 0. The number of benzene rings is 3. The number of nitrogen functional groups attached to an aromatic ring is 1. The van der Waals surface area contributed by atoms with Crippen molar-refractivity contribution in [3.8, 4) is 23.6 Å². The van der Waals surface area contributed by atoms with Gasteiger partial charge in [-0.3, -0.25) is 4.98 Å². The Morgan fingerprint density at radius 2 is 1.92 bits per heavy atom. The number of nitrogens with two attached hydrogens (primary N) is 1. The molecule has 3 aromatic carbocycles. The molecule has 0 spiro atoms. The second-order valence-corrected chi connectivity index (χ2v) is 8.94. The number of anilines is 3. The second kappa shape index (κ2) is 10.6. The lowest BCUT2D eigenvalue weighted by molar-refractivity contribution is 0.142. The monoisotopic (exact) mass is 511 g/mol. The average Bonchev–Trinajstić information content (AvgIpc) is 3.43. The van der Waals surface area contributed by atoms with E-state index in [-0.39, 0.29) is 6.10 Å². The van der Waals surface area contributed by atoms with E-state index in [1.807, 2.05) is 18.2 Å². The molecule has 3 N–H and O–H groups in total. The molecule has 0 bridgehead atoms. The minimum atomic E-state index is -0.0458. The van der Waals surface area contributed by atoms with Crippen molar-refractivity contribution in [2.75, 3.05) is 24.3 Å². The molecule has 0 saturated carbocycles. The molecule has 1 aliphatic heterocycles. The number of ether oxygens (including phenoxy) is 3. The third-order valence-electron chi connectivity index (χ3n) is 5.98. The summed E-state index contributed by atoms with van der Waals surface area (Å²) in [5.74, 6) is 1.05. The highest BCUT2D eigenvalue weighted by Gasteiger charge is 2.20. The number of rotatable bonds is 7. The Hall–Kier alpha value is -4.50. The van der Waals surface area contributed by atoms with E-state index >= 15 is 0 Å². The Kier molecular flexibility index (Phi) is 6.96. The Morgan fingerprint density at radius 3 is 2.62 bits per heavy atom. The molecule has 1 atom stereocenters. The molecule has 0 radical (unpaired) electrons. The van der Waals surface area contributed by atoms with E-state index in [9.17, 15) is 5.26 Å². The summed E-state index contributed by atoms with van der Waals surface area (Å²) in [6.45, 7) is 1.50. The van der Waals surface area contributed by atoms with Crippen LogP contribution in [0.25, 0.3) is 10.9 Å². The molecule has 1 aromatic heterocycles. The van der Waals surface area contributed by atoms with Crippen LogP contribution in [0.15, 0.2) is 60.8 Å². The first-order valence-corrected chi connectivity index (χ1v) is 12.0. The predicted molar refractivity (Wildman–Crippen MR) is 141 cm³/mol. The minimum absolute atomic E-state index is 0.0458. The van der Waals surface area contributed by atoms with Gasteiger partial charge in [-0.1, -0.05) is 23.7 Å². The molecular formula is C28H22ClN5O3. The standard InChI is InChI=1S/C28H22ClN5O3/c29-23-9-20(5-6-26(23)36-15-18-3-1-17(12-30)2-4-18)34-28-19(13-31)14-33-25-11-27(24(32)10-22(25)28)37-21-7-8-35-16-21/h1-6,9-11,14,21H,7-8,15-16,32H2,(H,33,34). The van der Waals surface area contributed by atoms with Gasteiger partial charge in [0.2, 0.25) is 0 Å². The van der Waals surface area contributed by atoms with Crippen molar-refractivity contribution >= 4 is 39.6 Å². The third-order valence-corrected chi connectivity index (χ3v) is 6.28. The molecule has 5 rings (SSSR count). The molecule has 8 nitrogen and oxygen atoms in total. The molecule has 1 saturated heterocycles. The van der Waals surface area contributed by atoms with Gasteiger partial charge in [0.1, 0.15) is 30.3 Å². The number of fused-ring (bicyclic) bond motifs is 1. The molecule has 2 heterocycles. The minimum Gasteiger partial charge on any atom is -0.487 e. The number of nitriles is 2. The molecule has 1 unspecified atom stereocenters. The lowest BCUT2D eigenvalue weighted by Gasteiger charge is -2.17. The van der Waals surface area contributed by atoms with E-state index in [1.54, 1.807) is 36.4 Å². The smallest absolute Gasteiger partial charge is 0.144 e. The first kappa shape index (κ1) is 24.2. The lowest BCUT2D eigenvalue weighted by Crippen LogP contribution is -2.16. The van der Waals surface area contributed by atoms with Gasteiger partial charge >= 0.3 is 0 Å². The molecule has 9 heteroatoms. The normalized spacial score (nSPS) is 14.6. The highest BCUT2D eigenvalue weighted by atomic mass is 35.5. The van der Waals surface area contributed by atoms with Crippen LogP contribution in [0.4, 0.5) is 17.1 Å². The Morgan fingerprint density at radius 1 is 1.08 bits per heavy atom. The van der Waals surface area contributed by atoms with Crippen LogP contribution < -0.4 is 20.5 Å². The third kappa shape index (κ3) is 5.36. The van der Waals surface area contributed by atoms with Crippen LogP contribution in [-0.2, 0) is 11.3 Å². The van der Waals surface area contributed by atoms with Crippen molar-refractivity contribution in [2.45, 2.75) is 19.1 Å². The fourth-order valence-corrected chi connectivity index (χ4v) is 4.26. The molecule has 184 valence electrons. The van der Waals surface area contributed by atoms with Gasteiger partial charge in [0.05, 0.1) is 52.3 Å². The number of hydrogen-bond donors (Lipinski definition) is 2. The fourth-order valence-electron chi connectivity index (χ4n) is 4.02. The molecule has 0 aliphatic carbocycles. The quantitative estimate of drug-likeness (QED) is 0.302. The summed E-state index contributed by atoms with van der Waals surface area (Å²) in [6.07, 6.45) is 2.27. The molecular weight excluding hydrogens is 490 g/mol. The van der Waals surface area contributed by atoms with Crippen LogP contribution in [0, 0.1) is 22.7 Å². The van der Waals surface area contributed by atoms with Crippen LogP contribution in [-0.4, -0.2) is 24.3 Å². The summed E-state index contributed by atoms with van der Waals surface area (Å²) < 4.78 is 17.2. The van der Waals surface area contributed by atoms with Crippen LogP contribution in [0.1, 0.15) is 23.1 Å². The van der Waals surface area contributed by atoms with Crippen LogP contribution >= 0.6 is 11.6 Å². The van der Waals surface area contributed by atoms with E-state index in [1.165, 1.54) is 6.20 Å². The van der Waals surface area contributed by atoms with Crippen molar-refractivity contribution in [1.29, 1.82) is 10.5 Å². The van der Waals surface area contributed by atoms with Gasteiger partial charge in [-0.05, 0) is 42.0 Å². The number of pyridine rings is 1. The van der Waals surface area contributed by atoms with Crippen LogP contribution in [0.5, 0.6) is 11.5 Å². The summed E-state index contributed by atoms with van der Waals surface area (Å²) in [5, 5.41) is 23.0. The average molecular weight is 512 g/mol. The van der Waals surface area contributed by atoms with E-state index in [4.69, 9.17) is 36.8 Å². The first-order valence-electron chi connectivity index (χ1n) is 11.6. The molecule has 0 amide bonds. The highest BCUT2D eigenvalue weighted by Crippen LogP contribution is 2.37. The van der Waals surface area contributed by atoms with Crippen LogP contribution in [0.2, 0.25) is 5.02 Å². The molecule has 1 fully saturated rings. The molecule has 4 aromatic rings. The number of halogens is 1. The summed E-state index contributed by atoms with van der Waals surface area (Å²) in [6, 6.07) is 20.3. The second-order valence-electron chi connectivity index (χ2n) is 8.54. The van der Waals surface area contributed by atoms with Gasteiger partial charge in [0, 0.05) is 29.8 Å². The Bertz CT molecular complexity index is 1540. The van der Waals surface area contributed by atoms with E-state index in [0.29, 0.717) is 75.4 Å². The Labute approximate surface area is 218 Å². The van der Waals surface area contributed by atoms with Gasteiger partial charge in [0.15, 0.2) is 0 Å². The van der Waals surface area contributed by atoms with Crippen molar-refractivity contribution in [2.24, 2.45) is 0 Å². The van der Waals surface area contributed by atoms with E-state index in [0.717, 1.165) is 12.0 Å². The molecule has 1 aliphatic rings. The summed E-state index contributed by atoms with van der Waals surface area (Å²) in [5.41, 5.74) is 10.5. The van der Waals surface area contributed by atoms with Crippen LogP contribution in [0.3, 0.4) is 0 Å². The maximum atomic E-state index is 9.72. The predicted octanol–water partition coefficient (Wildman–Crippen LogP) is 5.70. The highest BCUT2D eigenvalue weighted by molar-refractivity contribution is 6.32. The van der Waals surface area contributed by atoms with Crippen molar-refractivity contribution in [3.63, 3.8) is 0 Å². The van der Waals surface area contributed by atoms with E-state index < -0.39 is 0 Å². The Balaban J connectivity index is 1.37. The van der Waals surface area contributed by atoms with E-state index in [2.05, 4.69) is 22.4 Å². The largest absolute Gasteiger partial charge is 0.487 e. The number of nitrogens with zero attached hydrogens (tertiary/aromatic N) is 3. The zero-order valence-corrected chi connectivity index (χ0v) is 20.5. The zero-order chi connectivity index (χ0) is 25.8. The van der Waals surface area contributed by atoms with Crippen molar-refractivity contribution in [1.82, 2.24) is 4.98 Å². The zero-order valence-electron chi connectivity index (χ0n) is 19.7. The number of hydrogen-bond acceptors (Lipinski definition) is 8. The number of aromatic nitrogens is 1. The SMILES string of the molecule is N#Cc1ccc(COc2ccc(Nc3c(C#N)cnc4cc(OC5CCOC5)c(N)cc34)cc2Cl)cc1. The summed E-state index contributed by atoms with van der Waals surface area (Å²) >= 11 is 6.50. The van der Waals surface area contributed by atoms with Gasteiger partial charge in [-0.2, -0.15) is 10.5 Å². The maximum absolute atomic E-state index is 9.72. The topological polar surface area (TPSA) is 126 Å². The maximum Gasteiger partial charge on any atom is 0.144 e. The van der Waals surface area contributed by atoms with Gasteiger partial charge in [-0.25, -0.2) is 0 Å². The number of nitrogens with one attached hydrogen (secondary N) is 1.